The monoisotopic (exact) mass is 309 g/mol. The Labute approximate surface area is 137 Å². The topological polar surface area (TPSA) is 38.1 Å². The van der Waals surface area contributed by atoms with Gasteiger partial charge in [0.1, 0.15) is 0 Å². The van der Waals surface area contributed by atoms with Crippen molar-refractivity contribution in [2.75, 3.05) is 13.1 Å². The third kappa shape index (κ3) is 2.56. The highest BCUT2D eigenvalue weighted by molar-refractivity contribution is 5.79. The van der Waals surface area contributed by atoms with Crippen molar-refractivity contribution in [1.29, 1.82) is 0 Å². The molecule has 1 aromatic heterocycles. The van der Waals surface area contributed by atoms with E-state index in [4.69, 9.17) is 5.10 Å². The first kappa shape index (κ1) is 14.5. The Morgan fingerprint density at radius 2 is 1.87 bits per heavy atom. The molecule has 2 aromatic rings. The van der Waals surface area contributed by atoms with Crippen LogP contribution in [0.15, 0.2) is 30.3 Å². The number of hydrogen-bond donors (Lipinski definition) is 0. The van der Waals surface area contributed by atoms with Crippen LogP contribution in [0.25, 0.3) is 11.3 Å². The van der Waals surface area contributed by atoms with Crippen molar-refractivity contribution >= 4 is 5.91 Å². The maximum absolute atomic E-state index is 12.5. The van der Waals surface area contributed by atoms with Gasteiger partial charge in [-0.25, -0.2) is 0 Å². The summed E-state index contributed by atoms with van der Waals surface area (Å²) in [7, 11) is 2.02. The number of benzene rings is 1. The highest BCUT2D eigenvalue weighted by Crippen LogP contribution is 2.31. The lowest BCUT2D eigenvalue weighted by atomic mass is 9.84. The first-order valence-corrected chi connectivity index (χ1v) is 8.63. The van der Waals surface area contributed by atoms with Gasteiger partial charge in [-0.1, -0.05) is 36.8 Å². The maximum atomic E-state index is 12.5. The molecular weight excluding hydrogens is 286 g/mol. The molecule has 0 saturated heterocycles. The summed E-state index contributed by atoms with van der Waals surface area (Å²) in [5.41, 5.74) is 4.90. The molecule has 0 atom stereocenters. The lowest BCUT2D eigenvalue weighted by Gasteiger charge is -2.30. The Balaban J connectivity index is 1.60. The Morgan fingerprint density at radius 3 is 2.57 bits per heavy atom. The largest absolute Gasteiger partial charge is 0.342 e. The third-order valence-corrected chi connectivity index (χ3v) is 5.29. The molecule has 0 unspecified atom stereocenters. The van der Waals surface area contributed by atoms with Gasteiger partial charge < -0.3 is 4.90 Å². The summed E-state index contributed by atoms with van der Waals surface area (Å²) in [4.78, 5) is 14.6. The average Bonchev–Trinajstić information content (AvgIpc) is 2.68. The van der Waals surface area contributed by atoms with E-state index in [1.54, 1.807) is 0 Å². The van der Waals surface area contributed by atoms with Gasteiger partial charge in [-0.3, -0.25) is 9.48 Å². The van der Waals surface area contributed by atoms with Gasteiger partial charge in [-0.15, -0.1) is 0 Å². The van der Waals surface area contributed by atoms with Crippen molar-refractivity contribution in [3.05, 3.63) is 41.6 Å². The zero-order chi connectivity index (χ0) is 15.8. The van der Waals surface area contributed by atoms with E-state index in [1.165, 1.54) is 23.2 Å². The van der Waals surface area contributed by atoms with Crippen LogP contribution in [0.5, 0.6) is 0 Å². The molecule has 23 heavy (non-hydrogen) atoms. The molecule has 4 rings (SSSR count). The number of fused-ring (bicyclic) bond motifs is 1. The fourth-order valence-electron chi connectivity index (χ4n) is 3.78. The molecule has 0 bridgehead atoms. The van der Waals surface area contributed by atoms with Gasteiger partial charge in [-0.05, 0) is 19.3 Å². The number of amides is 1. The van der Waals surface area contributed by atoms with E-state index in [9.17, 15) is 4.79 Å². The molecular formula is C19H23N3O. The fourth-order valence-corrected chi connectivity index (χ4v) is 3.78. The second kappa shape index (κ2) is 5.84. The standard InChI is InChI=1S/C19H23N3O/c1-21-18(14-6-3-2-4-7-14)16-10-12-22(13-11-17(16)20-21)19(23)15-8-5-9-15/h2-4,6-7,15H,5,8-13H2,1H3. The summed E-state index contributed by atoms with van der Waals surface area (Å²) in [6.07, 6.45) is 5.15. The number of aromatic nitrogens is 2. The average molecular weight is 309 g/mol. The van der Waals surface area contributed by atoms with Crippen LogP contribution in [0.4, 0.5) is 0 Å². The zero-order valence-electron chi connectivity index (χ0n) is 13.7. The highest BCUT2D eigenvalue weighted by Gasteiger charge is 2.31. The normalized spacial score (nSPS) is 18.2. The van der Waals surface area contributed by atoms with E-state index in [1.807, 2.05) is 17.8 Å². The van der Waals surface area contributed by atoms with Crippen LogP contribution in [0.2, 0.25) is 0 Å². The molecule has 1 aromatic carbocycles. The summed E-state index contributed by atoms with van der Waals surface area (Å²) in [5.74, 6) is 0.659. The predicted octanol–water partition coefficient (Wildman–Crippen LogP) is 2.81. The molecule has 4 heteroatoms. The number of carbonyl (C=O) groups is 1. The van der Waals surface area contributed by atoms with Gasteiger partial charge in [-0.2, -0.15) is 5.10 Å². The van der Waals surface area contributed by atoms with Crippen LogP contribution in [0.3, 0.4) is 0 Å². The van der Waals surface area contributed by atoms with Gasteiger partial charge >= 0.3 is 0 Å². The summed E-state index contributed by atoms with van der Waals surface area (Å²) in [5, 5.41) is 4.74. The van der Waals surface area contributed by atoms with Crippen LogP contribution in [-0.2, 0) is 24.7 Å². The van der Waals surface area contributed by atoms with Gasteiger partial charge in [0.25, 0.3) is 0 Å². The number of rotatable bonds is 2. The van der Waals surface area contributed by atoms with E-state index >= 15 is 0 Å². The van der Waals surface area contributed by atoms with Crippen LogP contribution >= 0.6 is 0 Å². The molecule has 2 heterocycles. The van der Waals surface area contributed by atoms with E-state index in [0.29, 0.717) is 11.8 Å². The Bertz CT molecular complexity index is 716. The number of aryl methyl sites for hydroxylation is 1. The van der Waals surface area contributed by atoms with E-state index in [2.05, 4.69) is 29.2 Å². The van der Waals surface area contributed by atoms with Crippen molar-refractivity contribution in [3.63, 3.8) is 0 Å². The second-order valence-corrected chi connectivity index (χ2v) is 6.72. The molecule has 1 saturated carbocycles. The first-order chi connectivity index (χ1) is 11.2. The smallest absolute Gasteiger partial charge is 0.225 e. The van der Waals surface area contributed by atoms with Crippen molar-refractivity contribution in [2.24, 2.45) is 13.0 Å². The first-order valence-electron chi connectivity index (χ1n) is 8.63. The van der Waals surface area contributed by atoms with Gasteiger partial charge in [0.05, 0.1) is 11.4 Å². The quantitative estimate of drug-likeness (QED) is 0.855. The Hall–Kier alpha value is -2.10. The lowest BCUT2D eigenvalue weighted by Crippen LogP contribution is -2.40. The molecule has 1 aliphatic heterocycles. The molecule has 0 radical (unpaired) electrons. The molecule has 1 aliphatic carbocycles. The maximum Gasteiger partial charge on any atom is 0.225 e. The van der Waals surface area contributed by atoms with E-state index in [-0.39, 0.29) is 0 Å². The third-order valence-electron chi connectivity index (χ3n) is 5.29. The lowest BCUT2D eigenvalue weighted by molar-refractivity contribution is -0.138. The number of nitrogens with zero attached hydrogens (tertiary/aromatic N) is 3. The molecule has 2 aliphatic rings. The minimum Gasteiger partial charge on any atom is -0.342 e. The Kier molecular flexibility index (Phi) is 3.68. The van der Waals surface area contributed by atoms with E-state index in [0.717, 1.165) is 44.5 Å². The molecule has 120 valence electrons. The van der Waals surface area contributed by atoms with Crippen LogP contribution in [-0.4, -0.2) is 33.7 Å². The van der Waals surface area contributed by atoms with Crippen molar-refractivity contribution in [3.8, 4) is 11.3 Å². The summed E-state index contributed by atoms with van der Waals surface area (Å²) < 4.78 is 2.00. The van der Waals surface area contributed by atoms with Crippen LogP contribution in [0, 0.1) is 5.92 Å². The van der Waals surface area contributed by atoms with Gasteiger partial charge in [0.15, 0.2) is 0 Å². The zero-order valence-corrected chi connectivity index (χ0v) is 13.7. The number of hydrogen-bond acceptors (Lipinski definition) is 2. The minimum absolute atomic E-state index is 0.292. The number of carbonyl (C=O) groups excluding carboxylic acids is 1. The molecule has 0 spiro atoms. The fraction of sp³-hybridized carbons (Fsp3) is 0.474. The predicted molar refractivity (Wildman–Crippen MR) is 90.0 cm³/mol. The van der Waals surface area contributed by atoms with Crippen molar-refractivity contribution in [1.82, 2.24) is 14.7 Å². The van der Waals surface area contributed by atoms with E-state index < -0.39 is 0 Å². The SMILES string of the molecule is Cn1nc2c(c1-c1ccccc1)CCN(C(=O)C1CCC1)CC2. The molecule has 1 amide bonds. The molecule has 4 nitrogen and oxygen atoms in total. The van der Waals surface area contributed by atoms with Gasteiger partial charge in [0.2, 0.25) is 5.91 Å². The summed E-state index contributed by atoms with van der Waals surface area (Å²) in [6.45, 7) is 1.64. The summed E-state index contributed by atoms with van der Waals surface area (Å²) >= 11 is 0. The van der Waals surface area contributed by atoms with Crippen LogP contribution < -0.4 is 0 Å². The van der Waals surface area contributed by atoms with Crippen molar-refractivity contribution in [2.45, 2.75) is 32.1 Å². The Morgan fingerprint density at radius 1 is 1.13 bits per heavy atom. The second-order valence-electron chi connectivity index (χ2n) is 6.72. The molecule has 0 N–H and O–H groups in total. The molecule has 1 fully saturated rings. The highest BCUT2D eigenvalue weighted by atomic mass is 16.2. The van der Waals surface area contributed by atoms with Crippen LogP contribution in [0.1, 0.15) is 30.5 Å². The summed E-state index contributed by atoms with van der Waals surface area (Å²) in [6, 6.07) is 10.5. The van der Waals surface area contributed by atoms with Gasteiger partial charge in [0, 0.05) is 43.6 Å². The van der Waals surface area contributed by atoms with Crippen molar-refractivity contribution < 1.29 is 4.79 Å². The minimum atomic E-state index is 0.292.